The van der Waals surface area contributed by atoms with Gasteiger partial charge in [0.15, 0.2) is 11.6 Å². The Labute approximate surface area is 129 Å². The lowest BCUT2D eigenvalue weighted by Gasteiger charge is -2.26. The molecule has 1 aliphatic heterocycles. The Balaban J connectivity index is 1.72. The Hall–Kier alpha value is -1.71. The number of hydrogen-bond acceptors (Lipinski definition) is 5. The SMILES string of the molecule is Cn1ccnc1-c1nccn1CCS(=O)(=O)N1CCOCC1. The highest BCUT2D eigenvalue weighted by atomic mass is 32.2. The third-order valence-corrected chi connectivity index (χ3v) is 5.54. The van der Waals surface area contributed by atoms with Gasteiger partial charge < -0.3 is 13.9 Å². The van der Waals surface area contributed by atoms with E-state index in [2.05, 4.69) is 9.97 Å². The predicted octanol–water partition coefficient (Wildman–Crippen LogP) is -0.0544. The maximum absolute atomic E-state index is 12.4. The largest absolute Gasteiger partial charge is 0.379 e. The van der Waals surface area contributed by atoms with Gasteiger partial charge in [-0.2, -0.15) is 4.31 Å². The molecule has 9 heteroatoms. The smallest absolute Gasteiger partial charge is 0.216 e. The van der Waals surface area contributed by atoms with Gasteiger partial charge in [-0.15, -0.1) is 0 Å². The molecule has 1 aliphatic rings. The molecule has 0 N–H and O–H groups in total. The van der Waals surface area contributed by atoms with Crippen molar-refractivity contribution in [2.75, 3.05) is 32.1 Å². The molecule has 0 bridgehead atoms. The van der Waals surface area contributed by atoms with Crippen LogP contribution in [-0.2, 0) is 28.4 Å². The molecule has 3 rings (SSSR count). The number of aryl methyl sites for hydroxylation is 2. The number of imidazole rings is 2. The van der Waals surface area contributed by atoms with Crippen LogP contribution >= 0.6 is 0 Å². The van der Waals surface area contributed by atoms with E-state index in [4.69, 9.17) is 4.74 Å². The van der Waals surface area contributed by atoms with Crippen LogP contribution in [0, 0.1) is 0 Å². The van der Waals surface area contributed by atoms with Crippen molar-refractivity contribution in [3.63, 3.8) is 0 Å². The molecule has 0 unspecified atom stereocenters. The van der Waals surface area contributed by atoms with Gasteiger partial charge in [-0.25, -0.2) is 18.4 Å². The molecule has 2 aromatic rings. The Morgan fingerprint density at radius 1 is 1.14 bits per heavy atom. The summed E-state index contributed by atoms with van der Waals surface area (Å²) < 4.78 is 35.1. The third-order valence-electron chi connectivity index (χ3n) is 3.69. The van der Waals surface area contributed by atoms with Crippen LogP contribution in [0.1, 0.15) is 0 Å². The van der Waals surface area contributed by atoms with E-state index >= 15 is 0 Å². The van der Waals surface area contributed by atoms with E-state index in [1.807, 2.05) is 22.4 Å². The van der Waals surface area contributed by atoms with Crippen LogP contribution in [0.25, 0.3) is 11.6 Å². The number of aromatic nitrogens is 4. The first kappa shape index (κ1) is 15.2. The fourth-order valence-corrected chi connectivity index (χ4v) is 3.84. The van der Waals surface area contributed by atoms with Gasteiger partial charge in [0.25, 0.3) is 0 Å². The lowest BCUT2D eigenvalue weighted by atomic mass is 10.5. The van der Waals surface area contributed by atoms with Gasteiger partial charge in [0, 0.05) is 51.5 Å². The minimum absolute atomic E-state index is 0.0424. The molecule has 8 nitrogen and oxygen atoms in total. The number of nitrogens with zero attached hydrogens (tertiary/aromatic N) is 5. The second-order valence-electron chi connectivity index (χ2n) is 5.13. The fourth-order valence-electron chi connectivity index (χ4n) is 2.44. The second kappa shape index (κ2) is 6.19. The summed E-state index contributed by atoms with van der Waals surface area (Å²) in [7, 11) is -1.40. The van der Waals surface area contributed by atoms with Crippen LogP contribution in [0.2, 0.25) is 0 Å². The molecule has 0 aliphatic carbocycles. The Morgan fingerprint density at radius 3 is 2.50 bits per heavy atom. The van der Waals surface area contributed by atoms with E-state index in [0.717, 1.165) is 0 Å². The van der Waals surface area contributed by atoms with Gasteiger partial charge in [-0.05, 0) is 0 Å². The summed E-state index contributed by atoms with van der Waals surface area (Å²) in [5.41, 5.74) is 0. The average Bonchev–Trinajstić information content (AvgIpc) is 3.14. The second-order valence-corrected chi connectivity index (χ2v) is 7.22. The summed E-state index contributed by atoms with van der Waals surface area (Å²) >= 11 is 0. The molecular weight excluding hydrogens is 306 g/mol. The van der Waals surface area contributed by atoms with E-state index in [9.17, 15) is 8.42 Å². The quantitative estimate of drug-likeness (QED) is 0.769. The van der Waals surface area contributed by atoms with Crippen molar-refractivity contribution in [3.05, 3.63) is 24.8 Å². The molecule has 0 atom stereocenters. The molecule has 0 aromatic carbocycles. The summed E-state index contributed by atoms with van der Waals surface area (Å²) in [6.45, 7) is 2.13. The third kappa shape index (κ3) is 3.06. The Bertz CT molecular complexity index is 730. The first-order valence-corrected chi connectivity index (χ1v) is 8.73. The highest BCUT2D eigenvalue weighted by Gasteiger charge is 2.24. The Morgan fingerprint density at radius 2 is 1.82 bits per heavy atom. The van der Waals surface area contributed by atoms with Crippen molar-refractivity contribution < 1.29 is 13.2 Å². The van der Waals surface area contributed by atoms with Gasteiger partial charge in [0.05, 0.1) is 19.0 Å². The normalized spacial score (nSPS) is 17.0. The molecule has 0 spiro atoms. The first-order valence-electron chi connectivity index (χ1n) is 7.12. The van der Waals surface area contributed by atoms with Crippen molar-refractivity contribution in [3.8, 4) is 11.6 Å². The molecule has 22 heavy (non-hydrogen) atoms. The van der Waals surface area contributed by atoms with Crippen molar-refractivity contribution in [2.45, 2.75) is 6.54 Å². The average molecular weight is 325 g/mol. The zero-order valence-corrected chi connectivity index (χ0v) is 13.2. The number of hydrogen-bond donors (Lipinski definition) is 0. The maximum atomic E-state index is 12.4. The van der Waals surface area contributed by atoms with Crippen LogP contribution < -0.4 is 0 Å². The van der Waals surface area contributed by atoms with Gasteiger partial charge in [0.1, 0.15) is 0 Å². The molecule has 3 heterocycles. The zero-order valence-electron chi connectivity index (χ0n) is 12.4. The van der Waals surface area contributed by atoms with Crippen LogP contribution in [0.3, 0.4) is 0 Å². The van der Waals surface area contributed by atoms with E-state index in [1.165, 1.54) is 4.31 Å². The topological polar surface area (TPSA) is 82.2 Å². The number of ether oxygens (including phenoxy) is 1. The van der Waals surface area contributed by atoms with Crippen LogP contribution in [0.15, 0.2) is 24.8 Å². The highest BCUT2D eigenvalue weighted by molar-refractivity contribution is 7.89. The molecule has 0 radical (unpaired) electrons. The van der Waals surface area contributed by atoms with Gasteiger partial charge >= 0.3 is 0 Å². The maximum Gasteiger partial charge on any atom is 0.216 e. The minimum Gasteiger partial charge on any atom is -0.379 e. The molecule has 0 amide bonds. The van der Waals surface area contributed by atoms with E-state index < -0.39 is 10.0 Å². The summed E-state index contributed by atoms with van der Waals surface area (Å²) in [5.74, 6) is 1.43. The van der Waals surface area contributed by atoms with Crippen LogP contribution in [0.5, 0.6) is 0 Å². The fraction of sp³-hybridized carbons (Fsp3) is 0.538. The van der Waals surface area contributed by atoms with Crippen molar-refractivity contribution in [1.82, 2.24) is 23.4 Å². The van der Waals surface area contributed by atoms with E-state index in [1.54, 1.807) is 18.6 Å². The molecule has 0 saturated carbocycles. The lowest BCUT2D eigenvalue weighted by Crippen LogP contribution is -2.42. The number of rotatable bonds is 5. The van der Waals surface area contributed by atoms with Gasteiger partial charge in [-0.3, -0.25) is 0 Å². The summed E-state index contributed by atoms with van der Waals surface area (Å²) in [6.07, 6.45) is 6.96. The molecule has 120 valence electrons. The zero-order chi connectivity index (χ0) is 15.6. The van der Waals surface area contributed by atoms with Crippen LogP contribution in [0.4, 0.5) is 0 Å². The molecule has 2 aromatic heterocycles. The van der Waals surface area contributed by atoms with E-state index in [0.29, 0.717) is 44.5 Å². The highest BCUT2D eigenvalue weighted by Crippen LogP contribution is 2.15. The van der Waals surface area contributed by atoms with E-state index in [-0.39, 0.29) is 5.75 Å². The number of sulfonamides is 1. The summed E-state index contributed by atoms with van der Waals surface area (Å²) in [6, 6.07) is 0. The number of morpholine rings is 1. The summed E-state index contributed by atoms with van der Waals surface area (Å²) in [5, 5.41) is 0. The van der Waals surface area contributed by atoms with Crippen molar-refractivity contribution in [2.24, 2.45) is 7.05 Å². The summed E-state index contributed by atoms with van der Waals surface area (Å²) in [4.78, 5) is 8.54. The lowest BCUT2D eigenvalue weighted by molar-refractivity contribution is 0.0730. The standard InChI is InChI=1S/C13H19N5O3S/c1-16-4-2-14-12(16)13-15-3-5-17(13)8-11-22(19,20)18-6-9-21-10-7-18/h2-5H,6-11H2,1H3. The molecule has 1 saturated heterocycles. The van der Waals surface area contributed by atoms with Gasteiger partial charge in [-0.1, -0.05) is 0 Å². The predicted molar refractivity (Wildman–Crippen MR) is 80.6 cm³/mol. The molecule has 1 fully saturated rings. The minimum atomic E-state index is -3.28. The van der Waals surface area contributed by atoms with Gasteiger partial charge in [0.2, 0.25) is 10.0 Å². The van der Waals surface area contributed by atoms with Crippen molar-refractivity contribution >= 4 is 10.0 Å². The monoisotopic (exact) mass is 325 g/mol. The molecular formula is C13H19N5O3S. The van der Waals surface area contributed by atoms with Crippen LogP contribution in [-0.4, -0.2) is 63.9 Å². The Kier molecular flexibility index (Phi) is 4.27. The first-order chi connectivity index (χ1) is 10.6. The van der Waals surface area contributed by atoms with Crippen molar-refractivity contribution in [1.29, 1.82) is 0 Å².